The average molecular weight is 283 g/mol. The fraction of sp³-hybridized carbons (Fsp3) is 0.714. The van der Waals surface area contributed by atoms with Gasteiger partial charge in [-0.2, -0.15) is 0 Å². The van der Waals surface area contributed by atoms with Crippen molar-refractivity contribution in [1.82, 2.24) is 4.90 Å². The highest BCUT2D eigenvalue weighted by atomic mass is 16.6. The molecule has 2 aliphatic rings. The van der Waals surface area contributed by atoms with Crippen molar-refractivity contribution >= 4 is 12.1 Å². The summed E-state index contributed by atoms with van der Waals surface area (Å²) < 4.78 is 10.9. The fourth-order valence-corrected chi connectivity index (χ4v) is 2.71. The van der Waals surface area contributed by atoms with Crippen LogP contribution in [0.15, 0.2) is 11.6 Å². The molecule has 2 saturated heterocycles. The van der Waals surface area contributed by atoms with Gasteiger partial charge in [-0.3, -0.25) is 4.90 Å². The standard InChI is InChI=1S/C14H21NO5/c1-14(2,3)20-13(18)15-10-4-9(6-12(16)17)5-11(15)8-19-7-10/h6,10-11H,4-5,7-8H2,1-3H3,(H,16,17). The number of morpholine rings is 1. The first-order valence-corrected chi connectivity index (χ1v) is 6.77. The quantitative estimate of drug-likeness (QED) is 0.743. The normalized spacial score (nSPS) is 26.1. The van der Waals surface area contributed by atoms with Gasteiger partial charge in [-0.05, 0) is 33.6 Å². The van der Waals surface area contributed by atoms with Crippen molar-refractivity contribution in [3.63, 3.8) is 0 Å². The minimum Gasteiger partial charge on any atom is -0.478 e. The zero-order valence-corrected chi connectivity index (χ0v) is 12.1. The smallest absolute Gasteiger partial charge is 0.410 e. The molecule has 2 unspecified atom stereocenters. The molecule has 0 aromatic carbocycles. The number of hydrogen-bond acceptors (Lipinski definition) is 4. The second kappa shape index (κ2) is 5.44. The van der Waals surface area contributed by atoms with Crippen LogP contribution in [0.3, 0.4) is 0 Å². The zero-order valence-electron chi connectivity index (χ0n) is 12.1. The summed E-state index contributed by atoms with van der Waals surface area (Å²) in [5.74, 6) is -0.940. The lowest BCUT2D eigenvalue weighted by Gasteiger charge is -2.46. The molecule has 0 saturated carbocycles. The summed E-state index contributed by atoms with van der Waals surface area (Å²) in [4.78, 5) is 24.8. The van der Waals surface area contributed by atoms with Crippen LogP contribution in [0.1, 0.15) is 33.6 Å². The number of fused-ring (bicyclic) bond motifs is 2. The maximum absolute atomic E-state index is 12.3. The highest BCUT2D eigenvalue weighted by molar-refractivity contribution is 5.81. The summed E-state index contributed by atoms with van der Waals surface area (Å²) in [6.07, 6.45) is 1.96. The Labute approximate surface area is 118 Å². The molecule has 20 heavy (non-hydrogen) atoms. The number of piperidine rings is 1. The largest absolute Gasteiger partial charge is 0.478 e. The van der Waals surface area contributed by atoms with Crippen molar-refractivity contribution in [3.05, 3.63) is 11.6 Å². The zero-order chi connectivity index (χ0) is 14.9. The van der Waals surface area contributed by atoms with E-state index in [0.29, 0.717) is 26.1 Å². The van der Waals surface area contributed by atoms with E-state index in [9.17, 15) is 9.59 Å². The third-order valence-corrected chi connectivity index (χ3v) is 3.33. The molecule has 0 aromatic heterocycles. The molecule has 6 nitrogen and oxygen atoms in total. The molecule has 2 fully saturated rings. The van der Waals surface area contributed by atoms with Crippen LogP contribution in [-0.4, -0.2) is 53.0 Å². The summed E-state index contributed by atoms with van der Waals surface area (Å²) >= 11 is 0. The number of rotatable bonds is 1. The van der Waals surface area contributed by atoms with E-state index < -0.39 is 11.6 Å². The van der Waals surface area contributed by atoms with E-state index in [2.05, 4.69) is 0 Å². The predicted octanol–water partition coefficient (Wildman–Crippen LogP) is 1.80. The van der Waals surface area contributed by atoms with Crippen LogP contribution in [0.2, 0.25) is 0 Å². The van der Waals surface area contributed by atoms with Crippen molar-refractivity contribution in [2.24, 2.45) is 0 Å². The number of carbonyl (C=O) groups excluding carboxylic acids is 1. The van der Waals surface area contributed by atoms with Gasteiger partial charge in [0.2, 0.25) is 0 Å². The van der Waals surface area contributed by atoms with Gasteiger partial charge in [0.05, 0.1) is 25.3 Å². The molecule has 1 N–H and O–H groups in total. The Kier molecular flexibility index (Phi) is 4.04. The number of ether oxygens (including phenoxy) is 2. The Bertz CT molecular complexity index is 421. The second-order valence-corrected chi connectivity index (χ2v) is 6.28. The first-order valence-electron chi connectivity index (χ1n) is 6.77. The molecular weight excluding hydrogens is 262 g/mol. The van der Waals surface area contributed by atoms with Crippen molar-refractivity contribution < 1.29 is 24.2 Å². The number of amides is 1. The summed E-state index contributed by atoms with van der Waals surface area (Å²) in [5, 5.41) is 8.84. The lowest BCUT2D eigenvalue weighted by Crippen LogP contribution is -2.58. The lowest BCUT2D eigenvalue weighted by molar-refractivity contribution is -0.131. The monoisotopic (exact) mass is 283 g/mol. The van der Waals surface area contributed by atoms with Crippen molar-refractivity contribution in [2.45, 2.75) is 51.3 Å². The van der Waals surface area contributed by atoms with E-state index >= 15 is 0 Å². The molecule has 1 amide bonds. The predicted molar refractivity (Wildman–Crippen MR) is 71.4 cm³/mol. The van der Waals surface area contributed by atoms with Crippen LogP contribution >= 0.6 is 0 Å². The maximum atomic E-state index is 12.3. The highest BCUT2D eigenvalue weighted by Crippen LogP contribution is 2.32. The molecule has 2 rings (SSSR count). The van der Waals surface area contributed by atoms with Gasteiger partial charge in [0, 0.05) is 6.08 Å². The molecule has 0 spiro atoms. The lowest BCUT2D eigenvalue weighted by atomic mass is 9.90. The first kappa shape index (κ1) is 14.8. The van der Waals surface area contributed by atoms with Gasteiger partial charge in [-0.1, -0.05) is 5.57 Å². The topological polar surface area (TPSA) is 76.1 Å². The van der Waals surface area contributed by atoms with Gasteiger partial charge in [0.15, 0.2) is 0 Å². The Morgan fingerprint density at radius 1 is 1.30 bits per heavy atom. The van der Waals surface area contributed by atoms with Gasteiger partial charge >= 0.3 is 12.1 Å². The summed E-state index contributed by atoms with van der Waals surface area (Å²) in [6, 6.07) is -0.272. The molecule has 112 valence electrons. The minimum absolute atomic E-state index is 0.136. The molecule has 2 bridgehead atoms. The Balaban J connectivity index is 2.13. The SMILES string of the molecule is CC(C)(C)OC(=O)N1C2COCC1CC(=CC(=O)O)C2. The second-order valence-electron chi connectivity index (χ2n) is 6.28. The van der Waals surface area contributed by atoms with Crippen LogP contribution in [0.5, 0.6) is 0 Å². The summed E-state index contributed by atoms with van der Waals surface area (Å²) in [7, 11) is 0. The number of nitrogens with zero attached hydrogens (tertiary/aromatic N) is 1. The van der Waals surface area contributed by atoms with Crippen LogP contribution in [-0.2, 0) is 14.3 Å². The van der Waals surface area contributed by atoms with Crippen LogP contribution in [0, 0.1) is 0 Å². The number of aliphatic carboxylic acids is 1. The molecule has 2 heterocycles. The molecule has 2 aliphatic heterocycles. The van der Waals surface area contributed by atoms with Crippen molar-refractivity contribution in [2.75, 3.05) is 13.2 Å². The molecule has 0 radical (unpaired) electrons. The number of carbonyl (C=O) groups is 2. The molecule has 6 heteroatoms. The Hall–Kier alpha value is -1.56. The van der Waals surface area contributed by atoms with Crippen molar-refractivity contribution in [3.8, 4) is 0 Å². The van der Waals surface area contributed by atoms with Gasteiger partial charge in [-0.15, -0.1) is 0 Å². The van der Waals surface area contributed by atoms with Crippen LogP contribution < -0.4 is 0 Å². The number of hydrogen-bond donors (Lipinski definition) is 1. The summed E-state index contributed by atoms with van der Waals surface area (Å²) in [5.41, 5.74) is 0.319. The van der Waals surface area contributed by atoms with E-state index in [1.807, 2.05) is 20.8 Å². The Morgan fingerprint density at radius 2 is 1.85 bits per heavy atom. The maximum Gasteiger partial charge on any atom is 0.410 e. The first-order chi connectivity index (χ1) is 9.26. The van der Waals surface area contributed by atoms with Crippen LogP contribution in [0.25, 0.3) is 0 Å². The minimum atomic E-state index is -0.940. The van der Waals surface area contributed by atoms with E-state index in [1.165, 1.54) is 6.08 Å². The van der Waals surface area contributed by atoms with E-state index in [0.717, 1.165) is 5.57 Å². The van der Waals surface area contributed by atoms with Crippen molar-refractivity contribution in [1.29, 1.82) is 0 Å². The molecule has 0 aromatic rings. The van der Waals surface area contributed by atoms with Crippen LogP contribution in [0.4, 0.5) is 4.79 Å². The molecule has 0 aliphatic carbocycles. The Morgan fingerprint density at radius 3 is 2.30 bits per heavy atom. The fourth-order valence-electron chi connectivity index (χ4n) is 2.71. The van der Waals surface area contributed by atoms with Gasteiger partial charge in [0.25, 0.3) is 0 Å². The number of carboxylic acids is 1. The van der Waals surface area contributed by atoms with E-state index in [4.69, 9.17) is 14.6 Å². The van der Waals surface area contributed by atoms with E-state index in [-0.39, 0.29) is 18.2 Å². The highest BCUT2D eigenvalue weighted by Gasteiger charge is 2.41. The number of carboxylic acid groups (broad SMARTS) is 1. The van der Waals surface area contributed by atoms with Gasteiger partial charge in [0.1, 0.15) is 5.60 Å². The van der Waals surface area contributed by atoms with Gasteiger partial charge < -0.3 is 14.6 Å². The van der Waals surface area contributed by atoms with E-state index in [1.54, 1.807) is 4.90 Å². The third-order valence-electron chi connectivity index (χ3n) is 3.33. The summed E-state index contributed by atoms with van der Waals surface area (Å²) in [6.45, 7) is 6.34. The van der Waals surface area contributed by atoms with Gasteiger partial charge in [-0.25, -0.2) is 9.59 Å². The average Bonchev–Trinajstić information content (AvgIpc) is 2.24. The molecular formula is C14H21NO5. The molecule has 2 atom stereocenters. The third kappa shape index (κ3) is 3.50.